The summed E-state index contributed by atoms with van der Waals surface area (Å²) in [5, 5.41) is 4.95. The van der Waals surface area contributed by atoms with Gasteiger partial charge in [-0.1, -0.05) is 12.1 Å². The summed E-state index contributed by atoms with van der Waals surface area (Å²) in [6.45, 7) is 3.00. The lowest BCUT2D eigenvalue weighted by Crippen LogP contribution is -2.30. The maximum Gasteiger partial charge on any atom is 0.251 e. The molecule has 0 saturated carbocycles. The second kappa shape index (κ2) is 6.64. The van der Waals surface area contributed by atoms with Gasteiger partial charge in [0, 0.05) is 23.2 Å². The molecule has 6 heteroatoms. The Morgan fingerprint density at radius 3 is 2.67 bits per heavy atom. The topological polar surface area (TPSA) is 64.8 Å². The summed E-state index contributed by atoms with van der Waals surface area (Å²) in [4.78, 5) is 11.6. The van der Waals surface area contributed by atoms with E-state index in [2.05, 4.69) is 28.9 Å². The monoisotopic (exact) mass is 361 g/mol. The summed E-state index contributed by atoms with van der Waals surface area (Å²) in [5.74, 6) is -1.21. The molecule has 134 valence electrons. The Morgan fingerprint density at radius 1 is 1.19 bits per heavy atom. The van der Waals surface area contributed by atoms with Gasteiger partial charge in [-0.25, -0.2) is 13.6 Å². The second-order valence-corrected chi connectivity index (χ2v) is 6.30. The molecule has 0 radical (unpaired) electrons. The molecule has 0 atom stereocenters. The minimum absolute atomic E-state index is 0.0776. The number of pyridine rings is 1. The Kier molecular flexibility index (Phi) is 4.16. The minimum Gasteiger partial charge on any atom is -0.366 e. The molecule has 0 aliphatic rings. The molecule has 0 aliphatic carbocycles. The van der Waals surface area contributed by atoms with Crippen LogP contribution >= 0.6 is 0 Å². The van der Waals surface area contributed by atoms with Gasteiger partial charge < -0.3 is 5.73 Å². The average molecular weight is 361 g/mol. The molecule has 1 amide bonds. The van der Waals surface area contributed by atoms with Crippen LogP contribution in [0.3, 0.4) is 0 Å². The van der Waals surface area contributed by atoms with Crippen molar-refractivity contribution in [1.29, 1.82) is 0 Å². The number of benzene rings is 2. The molecular weight excluding hydrogens is 343 g/mol. The van der Waals surface area contributed by atoms with E-state index < -0.39 is 11.7 Å². The van der Waals surface area contributed by atoms with Gasteiger partial charge in [0.1, 0.15) is 17.9 Å². The van der Waals surface area contributed by atoms with Gasteiger partial charge in [-0.05, 0) is 42.8 Å². The van der Waals surface area contributed by atoms with E-state index in [1.807, 2.05) is 36.5 Å². The number of aryl methyl sites for hydroxylation is 1. The lowest BCUT2D eigenvalue weighted by atomic mass is 10.1. The summed E-state index contributed by atoms with van der Waals surface area (Å²) in [7, 11) is 0. The fourth-order valence-electron chi connectivity index (χ4n) is 3.11. The number of hydrogen-bond acceptors (Lipinski definition) is 2. The highest BCUT2D eigenvalue weighted by molar-refractivity contribution is 6.04. The molecule has 27 heavy (non-hydrogen) atoms. The van der Waals surface area contributed by atoms with Gasteiger partial charge in [0.2, 0.25) is 0 Å². The molecule has 2 N–H and O–H groups in total. The number of hydrogen-bond donors (Lipinski definition) is 1. The minimum atomic E-state index is -0.701. The third kappa shape index (κ3) is 3.17. The van der Waals surface area contributed by atoms with Gasteiger partial charge in [0.15, 0.2) is 12.4 Å². The third-order valence-corrected chi connectivity index (χ3v) is 4.53. The van der Waals surface area contributed by atoms with Crippen molar-refractivity contribution in [3.05, 3.63) is 78.5 Å². The Labute approximate surface area is 155 Å². The average Bonchev–Trinajstić information content (AvgIpc) is 3.11. The van der Waals surface area contributed by atoms with Crippen molar-refractivity contribution in [2.75, 3.05) is 0 Å². The van der Waals surface area contributed by atoms with Crippen molar-refractivity contribution < 1.29 is 13.8 Å². The Hall–Kier alpha value is -3.54. The van der Waals surface area contributed by atoms with Crippen molar-refractivity contribution in [2.24, 2.45) is 5.73 Å². The van der Waals surface area contributed by atoms with E-state index >= 15 is 0 Å². The number of carbonyl (C=O) groups excluding carboxylic acids is 1. The molecule has 2 heterocycles. The van der Waals surface area contributed by atoms with E-state index in [1.54, 1.807) is 10.9 Å². The highest BCUT2D eigenvalue weighted by Gasteiger charge is 2.14. The number of rotatable bonds is 4. The van der Waals surface area contributed by atoms with Gasteiger partial charge in [-0.15, -0.1) is 0 Å². The normalized spacial score (nSPS) is 11.0. The number of fused-ring (bicyclic) bond motifs is 1. The first-order chi connectivity index (χ1) is 13.0. The molecule has 5 nitrogen and oxygen atoms in total. The standard InChI is InChI=1S/C21H17FN4O/c1-2-25-9-3-4-15(12-25)14-5-7-18(8-6-14)26-13-16-10-17(22)11-19(21(23)27)20(16)24-26/h3-13H,2H2,1H3,(H-,23,27)/p+1. The first kappa shape index (κ1) is 16.9. The Balaban J connectivity index is 1.74. The van der Waals surface area contributed by atoms with Gasteiger partial charge >= 0.3 is 0 Å². The zero-order valence-corrected chi connectivity index (χ0v) is 14.8. The van der Waals surface area contributed by atoms with Crippen molar-refractivity contribution in [2.45, 2.75) is 13.5 Å². The van der Waals surface area contributed by atoms with Gasteiger partial charge in [-0.3, -0.25) is 4.79 Å². The van der Waals surface area contributed by atoms with Crippen LogP contribution in [0.15, 0.2) is 67.1 Å². The predicted octanol–water partition coefficient (Wildman–Crippen LogP) is 3.24. The van der Waals surface area contributed by atoms with Gasteiger partial charge in [0.25, 0.3) is 5.91 Å². The van der Waals surface area contributed by atoms with E-state index in [9.17, 15) is 9.18 Å². The second-order valence-electron chi connectivity index (χ2n) is 6.30. The van der Waals surface area contributed by atoms with Crippen LogP contribution in [0.4, 0.5) is 4.39 Å². The van der Waals surface area contributed by atoms with E-state index in [0.717, 1.165) is 29.4 Å². The van der Waals surface area contributed by atoms with Crippen molar-refractivity contribution in [3.8, 4) is 16.8 Å². The van der Waals surface area contributed by atoms with Gasteiger partial charge in [-0.2, -0.15) is 5.10 Å². The fourth-order valence-corrected chi connectivity index (χ4v) is 3.11. The van der Waals surface area contributed by atoms with Crippen LogP contribution in [-0.4, -0.2) is 15.7 Å². The van der Waals surface area contributed by atoms with E-state index in [0.29, 0.717) is 10.9 Å². The van der Waals surface area contributed by atoms with Crippen molar-refractivity contribution in [3.63, 3.8) is 0 Å². The van der Waals surface area contributed by atoms with Crippen LogP contribution in [0.1, 0.15) is 17.3 Å². The molecular formula is C21H18FN4O+. The zero-order chi connectivity index (χ0) is 19.0. The molecule has 0 unspecified atom stereocenters. The summed E-state index contributed by atoms with van der Waals surface area (Å²) in [5.41, 5.74) is 8.83. The largest absolute Gasteiger partial charge is 0.366 e. The quantitative estimate of drug-likeness (QED) is 0.567. The molecule has 2 aromatic carbocycles. The van der Waals surface area contributed by atoms with Gasteiger partial charge in [0.05, 0.1) is 11.3 Å². The highest BCUT2D eigenvalue weighted by atomic mass is 19.1. The first-order valence-electron chi connectivity index (χ1n) is 8.64. The lowest BCUT2D eigenvalue weighted by molar-refractivity contribution is -0.693. The smallest absolute Gasteiger partial charge is 0.251 e. The van der Waals surface area contributed by atoms with Crippen LogP contribution in [0.25, 0.3) is 27.7 Å². The van der Waals surface area contributed by atoms with E-state index in [4.69, 9.17) is 5.73 Å². The maximum atomic E-state index is 13.7. The number of primary amides is 1. The lowest BCUT2D eigenvalue weighted by Gasteiger charge is -2.04. The maximum absolute atomic E-state index is 13.7. The zero-order valence-electron chi connectivity index (χ0n) is 14.8. The van der Waals surface area contributed by atoms with Crippen LogP contribution in [0.2, 0.25) is 0 Å². The Morgan fingerprint density at radius 2 is 1.96 bits per heavy atom. The number of nitrogens with two attached hydrogens (primary N) is 1. The van der Waals surface area contributed by atoms with Crippen molar-refractivity contribution >= 4 is 16.8 Å². The molecule has 0 aliphatic heterocycles. The SMILES string of the molecule is CC[n+]1cccc(-c2ccc(-n3cc4cc(F)cc(C(N)=O)c4n3)cc2)c1. The number of amides is 1. The predicted molar refractivity (Wildman–Crippen MR) is 101 cm³/mol. The van der Waals surface area contributed by atoms with E-state index in [-0.39, 0.29) is 5.56 Å². The van der Waals surface area contributed by atoms with Crippen molar-refractivity contribution in [1.82, 2.24) is 9.78 Å². The molecule has 2 aromatic heterocycles. The number of halogens is 1. The number of carbonyl (C=O) groups is 1. The molecule has 0 bridgehead atoms. The van der Waals surface area contributed by atoms with Crippen LogP contribution in [0.5, 0.6) is 0 Å². The number of aromatic nitrogens is 3. The van der Waals surface area contributed by atoms with Crippen LogP contribution in [0, 0.1) is 5.82 Å². The van der Waals surface area contributed by atoms with Crippen LogP contribution < -0.4 is 10.3 Å². The Bertz CT molecular complexity index is 1150. The summed E-state index contributed by atoms with van der Waals surface area (Å²) in [6.07, 6.45) is 5.81. The molecule has 4 aromatic rings. The summed E-state index contributed by atoms with van der Waals surface area (Å²) < 4.78 is 17.5. The van der Waals surface area contributed by atoms with Crippen LogP contribution in [-0.2, 0) is 6.54 Å². The van der Waals surface area contributed by atoms with E-state index in [1.165, 1.54) is 6.07 Å². The summed E-state index contributed by atoms with van der Waals surface area (Å²) >= 11 is 0. The fraction of sp³-hybridized carbons (Fsp3) is 0.0952. The summed E-state index contributed by atoms with van der Waals surface area (Å²) in [6, 6.07) is 14.4. The molecule has 0 spiro atoms. The molecule has 0 fully saturated rings. The highest BCUT2D eigenvalue weighted by Crippen LogP contribution is 2.23. The first-order valence-corrected chi connectivity index (χ1v) is 8.64. The number of nitrogens with zero attached hydrogens (tertiary/aromatic N) is 3. The molecule has 4 rings (SSSR count). The third-order valence-electron chi connectivity index (χ3n) is 4.53. The molecule has 0 saturated heterocycles.